The molecule has 6 heteroatoms. The fourth-order valence-corrected chi connectivity index (χ4v) is 4.18. The molecule has 0 unspecified atom stereocenters. The van der Waals surface area contributed by atoms with Gasteiger partial charge in [-0.3, -0.25) is 9.78 Å². The van der Waals surface area contributed by atoms with E-state index in [-0.39, 0.29) is 11.8 Å². The highest BCUT2D eigenvalue weighted by atomic mass is 19.4. The quantitative estimate of drug-likeness (QED) is 0.705. The number of amides is 1. The van der Waals surface area contributed by atoms with Crippen LogP contribution in [0.15, 0.2) is 42.5 Å². The van der Waals surface area contributed by atoms with E-state index < -0.39 is 11.7 Å². The van der Waals surface area contributed by atoms with Crippen molar-refractivity contribution in [3.63, 3.8) is 0 Å². The van der Waals surface area contributed by atoms with Crippen molar-refractivity contribution < 1.29 is 18.0 Å². The summed E-state index contributed by atoms with van der Waals surface area (Å²) in [6, 6.07) is 11.1. The number of benzene rings is 1. The first-order valence-corrected chi connectivity index (χ1v) is 10.3. The van der Waals surface area contributed by atoms with Crippen molar-refractivity contribution in [3.05, 3.63) is 65.0 Å². The lowest BCUT2D eigenvalue weighted by atomic mass is 9.83. The molecule has 1 aromatic heterocycles. The van der Waals surface area contributed by atoms with Crippen molar-refractivity contribution in [2.75, 3.05) is 13.1 Å². The Morgan fingerprint density at radius 3 is 2.45 bits per heavy atom. The number of carbonyl (C=O) groups is 1. The van der Waals surface area contributed by atoms with Gasteiger partial charge in [0, 0.05) is 42.7 Å². The lowest BCUT2D eigenvalue weighted by molar-refractivity contribution is -0.139. The van der Waals surface area contributed by atoms with E-state index in [1.165, 1.54) is 12.1 Å². The number of pyridine rings is 1. The second kappa shape index (κ2) is 8.17. The standard InChI is InChI=1S/C23H25F3N2O/c24-23(25,26)19-11-9-16(10-12-19)14-20-7-2-8-21(27-20)18-6-3-13-28(15-18)22(29)17-4-1-5-17/h2,7-12,17-18H,1,3-6,13-15H2/t18-/m1/s1. The van der Waals surface area contributed by atoms with Crippen LogP contribution in [-0.4, -0.2) is 28.9 Å². The van der Waals surface area contributed by atoms with Crippen LogP contribution in [0.25, 0.3) is 0 Å². The Labute approximate surface area is 168 Å². The van der Waals surface area contributed by atoms with Crippen molar-refractivity contribution in [3.8, 4) is 0 Å². The number of halogens is 3. The molecule has 154 valence electrons. The number of nitrogens with zero attached hydrogens (tertiary/aromatic N) is 2. The second-order valence-corrected chi connectivity index (χ2v) is 8.18. The molecule has 1 saturated carbocycles. The fourth-order valence-electron chi connectivity index (χ4n) is 4.18. The van der Waals surface area contributed by atoms with E-state index in [9.17, 15) is 18.0 Å². The smallest absolute Gasteiger partial charge is 0.342 e. The maximum atomic E-state index is 12.7. The highest BCUT2D eigenvalue weighted by Crippen LogP contribution is 2.32. The first-order chi connectivity index (χ1) is 13.9. The average Bonchev–Trinajstić information content (AvgIpc) is 2.67. The number of piperidine rings is 1. The number of carbonyl (C=O) groups excluding carboxylic acids is 1. The number of rotatable bonds is 4. The molecule has 1 atom stereocenters. The number of hydrogen-bond donors (Lipinski definition) is 0. The van der Waals surface area contributed by atoms with Crippen LogP contribution in [0.3, 0.4) is 0 Å². The molecule has 2 aromatic rings. The number of aromatic nitrogens is 1. The molecule has 3 nitrogen and oxygen atoms in total. The Bertz CT molecular complexity index is 859. The molecule has 0 radical (unpaired) electrons. The highest BCUT2D eigenvalue weighted by Gasteiger charge is 2.33. The average molecular weight is 402 g/mol. The van der Waals surface area contributed by atoms with Gasteiger partial charge in [0.2, 0.25) is 5.91 Å². The lowest BCUT2D eigenvalue weighted by Crippen LogP contribution is -2.44. The van der Waals surface area contributed by atoms with Gasteiger partial charge in [-0.15, -0.1) is 0 Å². The van der Waals surface area contributed by atoms with Gasteiger partial charge in [0.15, 0.2) is 0 Å². The van der Waals surface area contributed by atoms with Crippen molar-refractivity contribution in [1.29, 1.82) is 0 Å². The first-order valence-electron chi connectivity index (χ1n) is 10.3. The number of alkyl halides is 3. The molecule has 1 aliphatic carbocycles. The molecular formula is C23H25F3N2O. The SMILES string of the molecule is O=C(C1CCC1)N1CCC[C@@H](c2cccc(Cc3ccc(C(F)(F)F)cc3)n2)C1. The van der Waals surface area contributed by atoms with E-state index in [4.69, 9.17) is 4.98 Å². The van der Waals surface area contributed by atoms with Crippen molar-refractivity contribution in [1.82, 2.24) is 9.88 Å². The van der Waals surface area contributed by atoms with Crippen LogP contribution in [-0.2, 0) is 17.4 Å². The number of likely N-dealkylation sites (tertiary alicyclic amines) is 1. The molecule has 29 heavy (non-hydrogen) atoms. The lowest BCUT2D eigenvalue weighted by Gasteiger charge is -2.37. The summed E-state index contributed by atoms with van der Waals surface area (Å²) in [4.78, 5) is 19.4. The van der Waals surface area contributed by atoms with E-state index in [1.807, 2.05) is 23.1 Å². The molecule has 2 aliphatic rings. The molecule has 0 spiro atoms. The van der Waals surface area contributed by atoms with Crippen LogP contribution in [0.4, 0.5) is 13.2 Å². The summed E-state index contributed by atoms with van der Waals surface area (Å²) >= 11 is 0. The van der Waals surface area contributed by atoms with Crippen LogP contribution >= 0.6 is 0 Å². The van der Waals surface area contributed by atoms with Crippen molar-refractivity contribution in [2.45, 2.75) is 50.6 Å². The minimum absolute atomic E-state index is 0.215. The molecule has 1 amide bonds. The summed E-state index contributed by atoms with van der Waals surface area (Å²) in [5.41, 5.74) is 1.97. The van der Waals surface area contributed by atoms with Crippen LogP contribution in [0.5, 0.6) is 0 Å². The van der Waals surface area contributed by atoms with Gasteiger partial charge in [-0.2, -0.15) is 13.2 Å². The van der Waals surface area contributed by atoms with Crippen LogP contribution in [0, 0.1) is 5.92 Å². The maximum Gasteiger partial charge on any atom is 0.416 e. The summed E-state index contributed by atoms with van der Waals surface area (Å²) < 4.78 is 38.2. The predicted molar refractivity (Wildman–Crippen MR) is 104 cm³/mol. The van der Waals surface area contributed by atoms with Crippen LogP contribution in [0.1, 0.15) is 60.5 Å². The van der Waals surface area contributed by atoms with E-state index >= 15 is 0 Å². The van der Waals surface area contributed by atoms with E-state index in [0.717, 1.165) is 67.7 Å². The minimum atomic E-state index is -4.32. The third-order valence-corrected chi connectivity index (χ3v) is 6.10. The Morgan fingerprint density at radius 1 is 1.03 bits per heavy atom. The van der Waals surface area contributed by atoms with Crippen molar-refractivity contribution >= 4 is 5.91 Å². The third-order valence-electron chi connectivity index (χ3n) is 6.10. The molecule has 2 fully saturated rings. The minimum Gasteiger partial charge on any atom is -0.342 e. The maximum absolute atomic E-state index is 12.7. The molecular weight excluding hydrogens is 377 g/mol. The van der Waals surface area contributed by atoms with Gasteiger partial charge in [0.1, 0.15) is 0 Å². The third kappa shape index (κ3) is 4.62. The normalized spacial score (nSPS) is 20.4. The summed E-state index contributed by atoms with van der Waals surface area (Å²) in [6.45, 7) is 1.54. The molecule has 1 saturated heterocycles. The Balaban J connectivity index is 1.43. The largest absolute Gasteiger partial charge is 0.416 e. The monoisotopic (exact) mass is 402 g/mol. The Kier molecular flexibility index (Phi) is 5.61. The van der Waals surface area contributed by atoms with Gasteiger partial charge in [0.25, 0.3) is 0 Å². The molecule has 0 N–H and O–H groups in total. The van der Waals surface area contributed by atoms with Crippen LogP contribution in [0.2, 0.25) is 0 Å². The zero-order chi connectivity index (χ0) is 20.4. The summed E-state index contributed by atoms with van der Waals surface area (Å²) in [5, 5.41) is 0. The van der Waals surface area contributed by atoms with Gasteiger partial charge in [-0.25, -0.2) is 0 Å². The zero-order valence-electron chi connectivity index (χ0n) is 16.3. The van der Waals surface area contributed by atoms with Crippen molar-refractivity contribution in [2.24, 2.45) is 5.92 Å². The van der Waals surface area contributed by atoms with E-state index in [0.29, 0.717) is 18.9 Å². The zero-order valence-corrected chi connectivity index (χ0v) is 16.3. The van der Waals surface area contributed by atoms with Gasteiger partial charge < -0.3 is 4.90 Å². The number of hydrogen-bond acceptors (Lipinski definition) is 2. The molecule has 1 aliphatic heterocycles. The summed E-state index contributed by atoms with van der Waals surface area (Å²) in [7, 11) is 0. The van der Waals surface area contributed by atoms with E-state index in [1.54, 1.807) is 0 Å². The second-order valence-electron chi connectivity index (χ2n) is 8.18. The Hall–Kier alpha value is -2.37. The van der Waals surface area contributed by atoms with Gasteiger partial charge in [0.05, 0.1) is 5.56 Å². The fraction of sp³-hybridized carbons (Fsp3) is 0.478. The highest BCUT2D eigenvalue weighted by molar-refractivity contribution is 5.79. The van der Waals surface area contributed by atoms with Gasteiger partial charge in [-0.1, -0.05) is 24.6 Å². The van der Waals surface area contributed by atoms with Gasteiger partial charge >= 0.3 is 6.18 Å². The first kappa shape index (κ1) is 19.9. The summed E-state index contributed by atoms with van der Waals surface area (Å²) in [5.74, 6) is 0.731. The molecule has 0 bridgehead atoms. The summed E-state index contributed by atoms with van der Waals surface area (Å²) in [6.07, 6.45) is 1.34. The molecule has 4 rings (SSSR count). The van der Waals surface area contributed by atoms with E-state index in [2.05, 4.69) is 0 Å². The molecule has 2 heterocycles. The topological polar surface area (TPSA) is 33.2 Å². The van der Waals surface area contributed by atoms with Gasteiger partial charge in [-0.05, 0) is 55.5 Å². The predicted octanol–water partition coefficient (Wildman–Crippen LogP) is 5.20. The van der Waals surface area contributed by atoms with Crippen LogP contribution < -0.4 is 0 Å². The molecule has 1 aromatic carbocycles. The Morgan fingerprint density at radius 2 is 1.79 bits per heavy atom.